The molecule has 0 radical (unpaired) electrons. The van der Waals surface area contributed by atoms with Crippen LogP contribution in [0, 0.1) is 16.5 Å². The van der Waals surface area contributed by atoms with Gasteiger partial charge in [-0.1, -0.05) is 11.3 Å². The maximum absolute atomic E-state index is 13.4. The Hall–Kier alpha value is -1.85. The van der Waals surface area contributed by atoms with Crippen molar-refractivity contribution >= 4 is 44.5 Å². The average molecular weight is 269 g/mol. The van der Waals surface area contributed by atoms with E-state index in [0.717, 1.165) is 11.3 Å². The van der Waals surface area contributed by atoms with Crippen molar-refractivity contribution < 1.29 is 14.3 Å². The number of thioether (sulfide) groups is 1. The van der Waals surface area contributed by atoms with E-state index in [4.69, 9.17) is 10.4 Å². The van der Waals surface area contributed by atoms with Crippen LogP contribution in [0.5, 0.6) is 0 Å². The number of halogens is 1. The Bertz CT molecular complexity index is 635. The van der Waals surface area contributed by atoms with Crippen LogP contribution in [-0.4, -0.2) is 16.2 Å². The fraction of sp³-hybridized carbons (Fsp3) is 0. The van der Waals surface area contributed by atoms with E-state index in [-0.39, 0.29) is 10.0 Å². The minimum atomic E-state index is -1.23. The number of thiocyanates is 1. The van der Waals surface area contributed by atoms with Gasteiger partial charge in [0.15, 0.2) is 5.13 Å². The molecule has 1 aromatic carbocycles. The van der Waals surface area contributed by atoms with Crippen molar-refractivity contribution in [3.05, 3.63) is 17.9 Å². The van der Waals surface area contributed by atoms with Crippen LogP contribution in [0.15, 0.2) is 17.0 Å². The third kappa shape index (κ3) is 2.46. The number of anilines is 1. The summed E-state index contributed by atoms with van der Waals surface area (Å²) in [6, 6.07) is 2.65. The Morgan fingerprint density at radius 1 is 1.65 bits per heavy atom. The Kier molecular flexibility index (Phi) is 3.12. The van der Waals surface area contributed by atoms with Crippen molar-refractivity contribution in [1.29, 1.82) is 5.26 Å². The first-order valence-electron chi connectivity index (χ1n) is 4.26. The standard InChI is InChI=1S/C9H4FN3O2S2/c10-4-1-5-7(2-6(4)16-3-11)17-8(12-5)13-9(14)15/h1-2H,(H,12,13)(H,14,15). The molecule has 1 aromatic heterocycles. The van der Waals surface area contributed by atoms with Crippen molar-refractivity contribution in [2.24, 2.45) is 0 Å². The molecule has 0 saturated heterocycles. The molecule has 0 bridgehead atoms. The molecule has 0 fully saturated rings. The Morgan fingerprint density at radius 2 is 2.41 bits per heavy atom. The van der Waals surface area contributed by atoms with Crippen LogP contribution in [0.2, 0.25) is 0 Å². The molecule has 0 aliphatic carbocycles. The summed E-state index contributed by atoms with van der Waals surface area (Å²) in [5.41, 5.74) is 0.360. The van der Waals surface area contributed by atoms with Gasteiger partial charge in [0.25, 0.3) is 0 Å². The summed E-state index contributed by atoms with van der Waals surface area (Å²) in [5.74, 6) is -0.545. The Labute approximate surface area is 103 Å². The number of nitrogens with zero attached hydrogens (tertiary/aromatic N) is 2. The third-order valence-electron chi connectivity index (χ3n) is 1.81. The molecule has 0 aliphatic heterocycles. The minimum Gasteiger partial charge on any atom is -0.465 e. The molecule has 1 heterocycles. The lowest BCUT2D eigenvalue weighted by molar-refractivity contribution is 0.210. The number of amides is 1. The van der Waals surface area contributed by atoms with E-state index in [1.165, 1.54) is 12.1 Å². The van der Waals surface area contributed by atoms with Crippen LogP contribution in [-0.2, 0) is 0 Å². The molecule has 0 unspecified atom stereocenters. The summed E-state index contributed by atoms with van der Waals surface area (Å²) >= 11 is 1.79. The number of thiazole rings is 1. The van der Waals surface area contributed by atoms with E-state index in [2.05, 4.69) is 10.3 Å². The van der Waals surface area contributed by atoms with Gasteiger partial charge in [0.05, 0.1) is 15.1 Å². The quantitative estimate of drug-likeness (QED) is 0.646. The van der Waals surface area contributed by atoms with E-state index in [9.17, 15) is 9.18 Å². The lowest BCUT2D eigenvalue weighted by atomic mass is 10.3. The summed E-state index contributed by atoms with van der Waals surface area (Å²) in [6.07, 6.45) is -1.23. The van der Waals surface area contributed by atoms with Crippen LogP contribution in [0.25, 0.3) is 10.2 Å². The van der Waals surface area contributed by atoms with Crippen molar-refractivity contribution in [3.8, 4) is 5.40 Å². The number of hydrogen-bond donors (Lipinski definition) is 2. The SMILES string of the molecule is N#CSc1cc2sc(NC(=O)O)nc2cc1F. The Morgan fingerprint density at radius 3 is 3.06 bits per heavy atom. The fourth-order valence-electron chi connectivity index (χ4n) is 1.20. The van der Waals surface area contributed by atoms with Gasteiger partial charge in [0.2, 0.25) is 0 Å². The molecule has 17 heavy (non-hydrogen) atoms. The predicted octanol–water partition coefficient (Wildman–Crippen LogP) is 3.10. The first-order chi connectivity index (χ1) is 8.10. The molecule has 8 heteroatoms. The number of rotatable bonds is 2. The highest BCUT2D eigenvalue weighted by Gasteiger charge is 2.11. The van der Waals surface area contributed by atoms with Gasteiger partial charge in [0.1, 0.15) is 11.2 Å². The van der Waals surface area contributed by atoms with Gasteiger partial charge in [-0.25, -0.2) is 14.2 Å². The van der Waals surface area contributed by atoms with Gasteiger partial charge in [-0.2, -0.15) is 5.26 Å². The van der Waals surface area contributed by atoms with E-state index in [1.54, 1.807) is 5.40 Å². The van der Waals surface area contributed by atoms with E-state index in [1.807, 2.05) is 0 Å². The molecule has 5 nitrogen and oxygen atoms in total. The topological polar surface area (TPSA) is 86.0 Å². The second-order valence-corrected chi connectivity index (χ2v) is 4.75. The molecule has 2 rings (SSSR count). The second kappa shape index (κ2) is 4.57. The number of aromatic nitrogens is 1. The van der Waals surface area contributed by atoms with Crippen LogP contribution in [0.1, 0.15) is 0 Å². The average Bonchev–Trinajstić information content (AvgIpc) is 2.59. The molecule has 0 spiro atoms. The van der Waals surface area contributed by atoms with Crippen LogP contribution < -0.4 is 5.32 Å². The highest BCUT2D eigenvalue weighted by molar-refractivity contribution is 8.03. The lowest BCUT2D eigenvalue weighted by Crippen LogP contribution is -2.06. The molecule has 0 aliphatic rings. The number of fused-ring (bicyclic) bond motifs is 1. The maximum Gasteiger partial charge on any atom is 0.410 e. The number of hydrogen-bond acceptors (Lipinski definition) is 5. The number of carboxylic acid groups (broad SMARTS) is 1. The van der Waals surface area contributed by atoms with Gasteiger partial charge in [-0.05, 0) is 17.8 Å². The van der Waals surface area contributed by atoms with Gasteiger partial charge < -0.3 is 5.11 Å². The summed E-state index contributed by atoms with van der Waals surface area (Å²) in [6.45, 7) is 0. The Balaban J connectivity index is 2.47. The predicted molar refractivity (Wildman–Crippen MR) is 62.7 cm³/mol. The van der Waals surface area contributed by atoms with Crippen LogP contribution >= 0.6 is 23.1 Å². The number of carbonyl (C=O) groups is 1. The first kappa shape index (κ1) is 11.6. The van der Waals surface area contributed by atoms with Gasteiger partial charge in [-0.15, -0.1) is 0 Å². The van der Waals surface area contributed by atoms with Crippen molar-refractivity contribution in [3.63, 3.8) is 0 Å². The normalized spacial score (nSPS) is 10.1. The minimum absolute atomic E-state index is 0.172. The number of nitrogens with one attached hydrogen (secondary N) is 1. The summed E-state index contributed by atoms with van der Waals surface area (Å²) in [4.78, 5) is 14.5. The van der Waals surface area contributed by atoms with Crippen LogP contribution in [0.4, 0.5) is 14.3 Å². The molecule has 1 amide bonds. The summed E-state index contributed by atoms with van der Waals surface area (Å²) < 4.78 is 14.1. The molecule has 2 aromatic rings. The molecule has 0 atom stereocenters. The summed E-state index contributed by atoms with van der Waals surface area (Å²) in [5, 5.41) is 21.1. The largest absolute Gasteiger partial charge is 0.465 e. The smallest absolute Gasteiger partial charge is 0.410 e. The monoisotopic (exact) mass is 269 g/mol. The van der Waals surface area contributed by atoms with Gasteiger partial charge in [0, 0.05) is 6.07 Å². The van der Waals surface area contributed by atoms with Crippen molar-refractivity contribution in [1.82, 2.24) is 4.98 Å². The number of benzene rings is 1. The summed E-state index contributed by atoms with van der Waals surface area (Å²) in [7, 11) is 0. The van der Waals surface area contributed by atoms with Crippen LogP contribution in [0.3, 0.4) is 0 Å². The lowest BCUT2D eigenvalue weighted by Gasteiger charge is -1.95. The zero-order valence-corrected chi connectivity index (χ0v) is 9.73. The molecule has 86 valence electrons. The molecule has 0 saturated carbocycles. The first-order valence-corrected chi connectivity index (χ1v) is 5.89. The molecule has 2 N–H and O–H groups in total. The van der Waals surface area contributed by atoms with Gasteiger partial charge in [-0.3, -0.25) is 5.32 Å². The zero-order valence-electron chi connectivity index (χ0n) is 8.10. The van der Waals surface area contributed by atoms with E-state index < -0.39 is 11.9 Å². The van der Waals surface area contributed by atoms with E-state index >= 15 is 0 Å². The fourth-order valence-corrected chi connectivity index (χ4v) is 2.58. The van der Waals surface area contributed by atoms with Crippen molar-refractivity contribution in [2.75, 3.05) is 5.32 Å². The van der Waals surface area contributed by atoms with E-state index in [0.29, 0.717) is 22.0 Å². The van der Waals surface area contributed by atoms with Crippen molar-refractivity contribution in [2.45, 2.75) is 4.90 Å². The highest BCUT2D eigenvalue weighted by atomic mass is 32.2. The molecular weight excluding hydrogens is 265 g/mol. The maximum atomic E-state index is 13.4. The second-order valence-electron chi connectivity index (χ2n) is 2.89. The molecular formula is C9H4FN3O2S2. The van der Waals surface area contributed by atoms with Gasteiger partial charge >= 0.3 is 6.09 Å². The third-order valence-corrected chi connectivity index (χ3v) is 3.37. The zero-order chi connectivity index (χ0) is 12.4. The number of nitriles is 1. The highest BCUT2D eigenvalue weighted by Crippen LogP contribution is 2.31.